The van der Waals surface area contributed by atoms with Crippen molar-refractivity contribution in [3.63, 3.8) is 0 Å². The summed E-state index contributed by atoms with van der Waals surface area (Å²) >= 11 is 0. The quantitative estimate of drug-likeness (QED) is 0.684. The Bertz CT molecular complexity index is 1070. The predicted molar refractivity (Wildman–Crippen MR) is 135 cm³/mol. The van der Waals surface area contributed by atoms with Gasteiger partial charge in [0.25, 0.3) is 5.91 Å². The minimum absolute atomic E-state index is 0.0626. The van der Waals surface area contributed by atoms with E-state index in [0.29, 0.717) is 17.8 Å². The lowest BCUT2D eigenvalue weighted by molar-refractivity contribution is 0.0711. The second-order valence-corrected chi connectivity index (χ2v) is 10.0. The number of nitrogens with one attached hydrogen (secondary N) is 1. The number of carbonyl (C=O) groups excluding carboxylic acids is 1. The van der Waals surface area contributed by atoms with Crippen LogP contribution in [0.25, 0.3) is 0 Å². The third kappa shape index (κ3) is 4.54. The number of carbonyl (C=O) groups is 1. The van der Waals surface area contributed by atoms with Gasteiger partial charge in [0.15, 0.2) is 17.2 Å². The van der Waals surface area contributed by atoms with E-state index in [-0.39, 0.29) is 5.91 Å². The molecule has 190 valence electrons. The molecule has 2 aliphatic heterocycles. The van der Waals surface area contributed by atoms with Crippen LogP contribution in [-0.4, -0.2) is 78.5 Å². The van der Waals surface area contributed by atoms with Crippen molar-refractivity contribution < 1.29 is 14.3 Å². The number of fused-ring (bicyclic) bond motifs is 2. The van der Waals surface area contributed by atoms with Gasteiger partial charge in [0.2, 0.25) is 0 Å². The average Bonchev–Trinajstić information content (AvgIpc) is 3.29. The molecule has 0 radical (unpaired) electrons. The van der Waals surface area contributed by atoms with Gasteiger partial charge in [-0.05, 0) is 81.8 Å². The van der Waals surface area contributed by atoms with Gasteiger partial charge >= 0.3 is 0 Å². The standard InChI is InChI=1S/C27H39N5O3/c1-5-32-23-7-6-21(16-22(23)26(29-32)27(33)28-2)30-12-9-20(10-13-30)31-11-8-18-14-24(34-3)25(35-4)15-19(18)17-31/h14-15,20-21H,5-13,16-17H2,1-4H3,(H,28,33). The van der Waals surface area contributed by atoms with E-state index in [0.717, 1.165) is 69.9 Å². The van der Waals surface area contributed by atoms with Gasteiger partial charge in [-0.2, -0.15) is 5.10 Å². The minimum Gasteiger partial charge on any atom is -0.493 e. The molecule has 1 atom stereocenters. The molecule has 0 bridgehead atoms. The van der Waals surface area contributed by atoms with Gasteiger partial charge in [0.05, 0.1) is 14.2 Å². The smallest absolute Gasteiger partial charge is 0.271 e. The summed E-state index contributed by atoms with van der Waals surface area (Å²) in [5, 5.41) is 7.42. The fourth-order valence-electron chi connectivity index (χ4n) is 6.38. The first-order chi connectivity index (χ1) is 17.1. The lowest BCUT2D eigenvalue weighted by Gasteiger charge is -2.44. The summed E-state index contributed by atoms with van der Waals surface area (Å²) in [7, 11) is 5.10. The number of rotatable bonds is 6. The molecule has 2 aromatic rings. The van der Waals surface area contributed by atoms with Crippen LogP contribution in [0.1, 0.15) is 59.1 Å². The van der Waals surface area contributed by atoms with E-state index in [1.54, 1.807) is 21.3 Å². The topological polar surface area (TPSA) is 71.9 Å². The summed E-state index contributed by atoms with van der Waals surface area (Å²) in [4.78, 5) is 17.8. The number of likely N-dealkylation sites (tertiary alicyclic amines) is 1. The lowest BCUT2D eigenvalue weighted by atomic mass is 9.88. The Morgan fingerprint density at radius 1 is 1.00 bits per heavy atom. The van der Waals surface area contributed by atoms with Crippen molar-refractivity contribution in [1.29, 1.82) is 0 Å². The van der Waals surface area contributed by atoms with Crippen LogP contribution in [0.5, 0.6) is 11.5 Å². The molecule has 1 saturated heterocycles. The number of aromatic nitrogens is 2. The van der Waals surface area contributed by atoms with Crippen LogP contribution in [0.2, 0.25) is 0 Å². The highest BCUT2D eigenvalue weighted by Gasteiger charge is 2.34. The fourth-order valence-corrected chi connectivity index (χ4v) is 6.38. The van der Waals surface area contributed by atoms with Crippen LogP contribution in [0.4, 0.5) is 0 Å². The van der Waals surface area contributed by atoms with E-state index in [4.69, 9.17) is 9.47 Å². The summed E-state index contributed by atoms with van der Waals surface area (Å²) in [6, 6.07) is 5.44. The number of aryl methyl sites for hydroxylation is 1. The highest BCUT2D eigenvalue weighted by atomic mass is 16.5. The average molecular weight is 482 g/mol. The monoisotopic (exact) mass is 481 g/mol. The van der Waals surface area contributed by atoms with E-state index in [1.807, 2.05) is 4.68 Å². The van der Waals surface area contributed by atoms with E-state index in [2.05, 4.69) is 39.3 Å². The van der Waals surface area contributed by atoms with E-state index < -0.39 is 0 Å². The molecule has 1 aromatic heterocycles. The molecule has 1 fully saturated rings. The SMILES string of the molecule is CCn1nc(C(=O)NC)c2c1CCC(N1CCC(N3CCc4cc(OC)c(OC)cc4C3)CC1)C2. The molecular formula is C27H39N5O3. The second kappa shape index (κ2) is 10.2. The fraction of sp³-hybridized carbons (Fsp3) is 0.630. The highest BCUT2D eigenvalue weighted by Crippen LogP contribution is 2.35. The van der Waals surface area contributed by atoms with Crippen LogP contribution in [0.3, 0.4) is 0 Å². The zero-order valence-electron chi connectivity index (χ0n) is 21.6. The molecular weight excluding hydrogens is 442 g/mol. The molecule has 1 N–H and O–H groups in total. The Balaban J connectivity index is 1.22. The number of piperidine rings is 1. The van der Waals surface area contributed by atoms with E-state index >= 15 is 0 Å². The summed E-state index contributed by atoms with van der Waals surface area (Å²) in [6.07, 6.45) is 6.54. The van der Waals surface area contributed by atoms with Crippen molar-refractivity contribution in [2.75, 3.05) is 40.9 Å². The Labute approximate surface area is 208 Å². The zero-order valence-corrected chi connectivity index (χ0v) is 21.6. The molecule has 1 amide bonds. The Kier molecular flexibility index (Phi) is 7.02. The predicted octanol–water partition coefficient (Wildman–Crippen LogP) is 2.66. The Morgan fingerprint density at radius 3 is 2.37 bits per heavy atom. The Morgan fingerprint density at radius 2 is 1.71 bits per heavy atom. The molecule has 8 heteroatoms. The van der Waals surface area contributed by atoms with Gasteiger partial charge in [-0.3, -0.25) is 19.3 Å². The van der Waals surface area contributed by atoms with E-state index in [9.17, 15) is 4.79 Å². The van der Waals surface area contributed by atoms with Crippen molar-refractivity contribution in [3.8, 4) is 11.5 Å². The highest BCUT2D eigenvalue weighted by molar-refractivity contribution is 5.93. The van der Waals surface area contributed by atoms with Crippen LogP contribution in [0.15, 0.2) is 12.1 Å². The number of amides is 1. The summed E-state index contributed by atoms with van der Waals surface area (Å²) < 4.78 is 13.1. The van der Waals surface area contributed by atoms with Crippen molar-refractivity contribution in [3.05, 3.63) is 40.2 Å². The van der Waals surface area contributed by atoms with E-state index in [1.165, 1.54) is 35.2 Å². The number of hydrogen-bond acceptors (Lipinski definition) is 6. The first-order valence-electron chi connectivity index (χ1n) is 13.1. The van der Waals surface area contributed by atoms with Crippen LogP contribution in [-0.2, 0) is 32.4 Å². The van der Waals surface area contributed by atoms with Crippen molar-refractivity contribution >= 4 is 5.91 Å². The minimum atomic E-state index is -0.0626. The second-order valence-electron chi connectivity index (χ2n) is 10.0. The Hall–Kier alpha value is -2.58. The van der Waals surface area contributed by atoms with Crippen molar-refractivity contribution in [2.45, 2.75) is 70.6 Å². The molecule has 8 nitrogen and oxygen atoms in total. The number of methoxy groups -OCH3 is 2. The zero-order chi connectivity index (χ0) is 24.5. The number of benzene rings is 1. The molecule has 1 unspecified atom stereocenters. The summed E-state index contributed by atoms with van der Waals surface area (Å²) in [5.74, 6) is 1.59. The van der Waals surface area contributed by atoms with Gasteiger partial charge in [0.1, 0.15) is 0 Å². The van der Waals surface area contributed by atoms with Crippen LogP contribution < -0.4 is 14.8 Å². The number of hydrogen-bond donors (Lipinski definition) is 1. The first-order valence-corrected chi connectivity index (χ1v) is 13.1. The third-order valence-electron chi connectivity index (χ3n) is 8.34. The molecule has 0 spiro atoms. The number of nitrogens with zero attached hydrogens (tertiary/aromatic N) is 4. The summed E-state index contributed by atoms with van der Waals surface area (Å²) in [6.45, 7) is 7.25. The third-order valence-corrected chi connectivity index (χ3v) is 8.34. The maximum atomic E-state index is 12.5. The first kappa shape index (κ1) is 24.1. The normalized spacial score (nSPS) is 21.3. The maximum Gasteiger partial charge on any atom is 0.271 e. The molecule has 1 aliphatic carbocycles. The molecule has 0 saturated carbocycles. The molecule has 1 aromatic carbocycles. The molecule has 35 heavy (non-hydrogen) atoms. The van der Waals surface area contributed by atoms with Crippen LogP contribution >= 0.6 is 0 Å². The molecule has 3 heterocycles. The number of ether oxygens (including phenoxy) is 2. The van der Waals surface area contributed by atoms with Crippen molar-refractivity contribution in [1.82, 2.24) is 24.9 Å². The van der Waals surface area contributed by atoms with Gasteiger partial charge < -0.3 is 14.8 Å². The lowest BCUT2D eigenvalue weighted by Crippen LogP contribution is -2.50. The van der Waals surface area contributed by atoms with Gasteiger partial charge in [-0.15, -0.1) is 0 Å². The van der Waals surface area contributed by atoms with Gasteiger partial charge in [-0.1, -0.05) is 0 Å². The molecule has 5 rings (SSSR count). The van der Waals surface area contributed by atoms with Crippen LogP contribution in [0, 0.1) is 0 Å². The van der Waals surface area contributed by atoms with Gasteiger partial charge in [0, 0.05) is 50.0 Å². The summed E-state index contributed by atoms with van der Waals surface area (Å²) in [5.41, 5.74) is 5.81. The molecule has 3 aliphatic rings. The van der Waals surface area contributed by atoms with Gasteiger partial charge in [-0.25, -0.2) is 0 Å². The maximum absolute atomic E-state index is 12.5. The van der Waals surface area contributed by atoms with Crippen molar-refractivity contribution in [2.24, 2.45) is 0 Å². The largest absolute Gasteiger partial charge is 0.493 e.